The van der Waals surface area contributed by atoms with Gasteiger partial charge in [-0.3, -0.25) is 4.79 Å². The van der Waals surface area contributed by atoms with E-state index in [1.54, 1.807) is 0 Å². The van der Waals surface area contributed by atoms with E-state index in [0.717, 1.165) is 57.4 Å². The number of aryl methyl sites for hydroxylation is 1. The van der Waals surface area contributed by atoms with Gasteiger partial charge in [0.15, 0.2) is 0 Å². The average molecular weight is 528 g/mol. The number of rotatable bonds is 12. The number of hydrogen-bond acceptors (Lipinski definition) is 3. The molecule has 0 bridgehead atoms. The molecule has 0 spiro atoms. The lowest BCUT2D eigenvalue weighted by Crippen LogP contribution is -2.43. The Morgan fingerprint density at radius 3 is 2.34 bits per heavy atom. The highest BCUT2D eigenvalue weighted by molar-refractivity contribution is 5.75. The predicted molar refractivity (Wildman–Crippen MR) is 159 cm³/mol. The molecular formula is C34H57NO3. The molecule has 0 heterocycles. The summed E-state index contributed by atoms with van der Waals surface area (Å²) in [4.78, 5) is 13.6. The number of phenolic OH excluding ortho intramolecular Hbond substituents is 1. The van der Waals surface area contributed by atoms with Gasteiger partial charge in [0.1, 0.15) is 5.75 Å². The molecule has 1 aromatic carbocycles. The molecule has 0 saturated heterocycles. The number of benzene rings is 1. The van der Waals surface area contributed by atoms with Gasteiger partial charge in [-0.2, -0.15) is 0 Å². The molecule has 3 aliphatic rings. The fourth-order valence-electron chi connectivity index (χ4n) is 7.66. The summed E-state index contributed by atoms with van der Waals surface area (Å²) in [5, 5.41) is 20.0. The summed E-state index contributed by atoms with van der Waals surface area (Å²) in [6, 6.07) is 5.96. The fraction of sp³-hybridized carbons (Fsp3) is 0.794. The van der Waals surface area contributed by atoms with E-state index in [4.69, 9.17) is 0 Å². The van der Waals surface area contributed by atoms with E-state index in [9.17, 15) is 15.0 Å². The Bertz CT molecular complexity index is 854. The van der Waals surface area contributed by atoms with E-state index >= 15 is 0 Å². The standard InChI is InChI=1S/C18H24O2.C16H33NO/c1-18-9-8-14-13-5-3-12(19)10-11(13)2-4-15(14)16(18)6-7-17(18)20;1-4-6-8-9-10-11-12-13-14-16(18)17(3)15-7-5-2/h3,5,10,14-17,19-20H,2,4,6-9H2,1H3;4-15H2,1-3H3. The SMILES string of the molecule is CC12CCC3c4ccc(O)cc4CCC3C1CCC2O.CCCCCCCCCCC(=O)N(C)CCCC. The minimum atomic E-state index is -0.0883. The van der Waals surface area contributed by atoms with Crippen molar-refractivity contribution in [1.82, 2.24) is 4.90 Å². The van der Waals surface area contributed by atoms with Gasteiger partial charge in [-0.05, 0) is 97.8 Å². The van der Waals surface area contributed by atoms with Crippen molar-refractivity contribution >= 4 is 5.91 Å². The van der Waals surface area contributed by atoms with Crippen LogP contribution in [-0.4, -0.2) is 40.7 Å². The Kier molecular flexibility index (Phi) is 12.5. The normalized spacial score (nSPS) is 27.5. The van der Waals surface area contributed by atoms with Gasteiger partial charge in [0, 0.05) is 20.0 Å². The number of aliphatic hydroxyl groups excluding tert-OH is 1. The van der Waals surface area contributed by atoms with Crippen LogP contribution in [0.2, 0.25) is 0 Å². The lowest BCUT2D eigenvalue weighted by Gasteiger charge is -2.50. The molecule has 5 unspecified atom stereocenters. The van der Waals surface area contributed by atoms with Gasteiger partial charge in [0.05, 0.1) is 6.10 Å². The Morgan fingerprint density at radius 2 is 1.63 bits per heavy atom. The number of hydrogen-bond donors (Lipinski definition) is 2. The highest BCUT2D eigenvalue weighted by Crippen LogP contribution is 2.60. The van der Waals surface area contributed by atoms with Crippen LogP contribution in [0.1, 0.15) is 141 Å². The third kappa shape index (κ3) is 7.99. The van der Waals surface area contributed by atoms with Crippen LogP contribution in [0.25, 0.3) is 0 Å². The number of fused-ring (bicyclic) bond motifs is 5. The van der Waals surface area contributed by atoms with Gasteiger partial charge >= 0.3 is 0 Å². The minimum Gasteiger partial charge on any atom is -0.508 e. The molecule has 1 amide bonds. The van der Waals surface area contributed by atoms with Crippen molar-refractivity contribution < 1.29 is 15.0 Å². The summed E-state index contributed by atoms with van der Waals surface area (Å²) in [5.74, 6) is 2.82. The van der Waals surface area contributed by atoms with Crippen molar-refractivity contribution in [2.45, 2.75) is 142 Å². The van der Waals surface area contributed by atoms with Crippen molar-refractivity contribution in [3.8, 4) is 5.75 Å². The molecule has 4 rings (SSSR count). The minimum absolute atomic E-state index is 0.0883. The lowest BCUT2D eigenvalue weighted by molar-refractivity contribution is -0.130. The zero-order valence-corrected chi connectivity index (χ0v) is 25.0. The maximum atomic E-state index is 11.7. The third-order valence-corrected chi connectivity index (χ3v) is 10.2. The van der Waals surface area contributed by atoms with Crippen LogP contribution in [-0.2, 0) is 11.2 Å². The van der Waals surface area contributed by atoms with E-state index in [1.165, 1.54) is 75.3 Å². The first-order valence-corrected chi connectivity index (χ1v) is 16.1. The second kappa shape index (κ2) is 15.3. The predicted octanol–water partition coefficient (Wildman–Crippen LogP) is 8.38. The van der Waals surface area contributed by atoms with Crippen LogP contribution in [0.15, 0.2) is 18.2 Å². The number of carbonyl (C=O) groups excluding carboxylic acids is 1. The average Bonchev–Trinajstić information content (AvgIpc) is 3.22. The van der Waals surface area contributed by atoms with E-state index in [0.29, 0.717) is 23.5 Å². The van der Waals surface area contributed by atoms with Crippen LogP contribution >= 0.6 is 0 Å². The van der Waals surface area contributed by atoms with Crippen molar-refractivity contribution in [2.75, 3.05) is 13.6 Å². The zero-order valence-electron chi connectivity index (χ0n) is 25.0. The summed E-state index contributed by atoms with van der Waals surface area (Å²) in [5.41, 5.74) is 2.99. The molecule has 4 heteroatoms. The van der Waals surface area contributed by atoms with Crippen molar-refractivity contribution in [2.24, 2.45) is 17.3 Å². The van der Waals surface area contributed by atoms with Crippen LogP contribution in [0.4, 0.5) is 0 Å². The maximum Gasteiger partial charge on any atom is 0.222 e. The molecule has 2 fully saturated rings. The molecule has 1 aromatic rings. The van der Waals surface area contributed by atoms with Crippen molar-refractivity contribution in [3.63, 3.8) is 0 Å². The summed E-state index contributed by atoms with van der Waals surface area (Å²) >= 11 is 0. The number of amides is 1. The second-order valence-electron chi connectivity index (χ2n) is 12.8. The van der Waals surface area contributed by atoms with Gasteiger partial charge in [0.2, 0.25) is 5.91 Å². The molecule has 2 N–H and O–H groups in total. The van der Waals surface area contributed by atoms with E-state index in [-0.39, 0.29) is 11.5 Å². The molecule has 216 valence electrons. The second-order valence-corrected chi connectivity index (χ2v) is 12.8. The summed E-state index contributed by atoms with van der Waals surface area (Å²) in [7, 11) is 1.93. The largest absolute Gasteiger partial charge is 0.508 e. The Morgan fingerprint density at radius 1 is 0.947 bits per heavy atom. The summed E-state index contributed by atoms with van der Waals surface area (Å²) < 4.78 is 0. The van der Waals surface area contributed by atoms with E-state index < -0.39 is 0 Å². The Labute approximate surface area is 233 Å². The molecule has 2 saturated carbocycles. The number of unbranched alkanes of at least 4 members (excludes halogenated alkanes) is 8. The van der Waals surface area contributed by atoms with Gasteiger partial charge in [-0.1, -0.05) is 78.2 Å². The molecule has 0 aromatic heterocycles. The number of aliphatic hydroxyl groups is 1. The van der Waals surface area contributed by atoms with Crippen molar-refractivity contribution in [3.05, 3.63) is 29.3 Å². The van der Waals surface area contributed by atoms with Crippen LogP contribution < -0.4 is 0 Å². The number of carbonyl (C=O) groups is 1. The lowest BCUT2D eigenvalue weighted by atomic mass is 9.55. The smallest absolute Gasteiger partial charge is 0.222 e. The zero-order chi connectivity index (χ0) is 27.5. The third-order valence-electron chi connectivity index (χ3n) is 10.2. The van der Waals surface area contributed by atoms with Gasteiger partial charge < -0.3 is 15.1 Å². The first-order chi connectivity index (χ1) is 18.3. The highest BCUT2D eigenvalue weighted by atomic mass is 16.3. The summed E-state index contributed by atoms with van der Waals surface area (Å²) in [6.45, 7) is 7.65. The van der Waals surface area contributed by atoms with Crippen LogP contribution in [0.3, 0.4) is 0 Å². The first-order valence-electron chi connectivity index (χ1n) is 16.1. The van der Waals surface area contributed by atoms with Crippen LogP contribution in [0, 0.1) is 17.3 Å². The number of phenols is 1. The molecule has 38 heavy (non-hydrogen) atoms. The molecule has 0 radical (unpaired) electrons. The fourth-order valence-corrected chi connectivity index (χ4v) is 7.66. The summed E-state index contributed by atoms with van der Waals surface area (Å²) in [6.07, 6.45) is 20.2. The van der Waals surface area contributed by atoms with Gasteiger partial charge in [-0.15, -0.1) is 0 Å². The Hall–Kier alpha value is -1.55. The van der Waals surface area contributed by atoms with Crippen molar-refractivity contribution in [1.29, 1.82) is 0 Å². The maximum absolute atomic E-state index is 11.7. The molecule has 5 atom stereocenters. The van der Waals surface area contributed by atoms with E-state index in [2.05, 4.69) is 26.8 Å². The van der Waals surface area contributed by atoms with Gasteiger partial charge in [0.25, 0.3) is 0 Å². The molecule has 0 aliphatic heterocycles. The van der Waals surface area contributed by atoms with E-state index in [1.807, 2.05) is 24.1 Å². The van der Waals surface area contributed by atoms with Crippen LogP contribution in [0.5, 0.6) is 5.75 Å². The molecule has 3 aliphatic carbocycles. The quantitative estimate of drug-likeness (QED) is 0.268. The van der Waals surface area contributed by atoms with Gasteiger partial charge in [-0.25, -0.2) is 0 Å². The first kappa shape index (κ1) is 31.0. The number of nitrogens with zero attached hydrogens (tertiary/aromatic N) is 1. The monoisotopic (exact) mass is 527 g/mol. The highest BCUT2D eigenvalue weighted by Gasteiger charge is 2.54. The molecular weight excluding hydrogens is 470 g/mol. The number of aromatic hydroxyl groups is 1. The topological polar surface area (TPSA) is 60.8 Å². The molecule has 4 nitrogen and oxygen atoms in total. The Balaban J connectivity index is 0.000000213.